The lowest BCUT2D eigenvalue weighted by Crippen LogP contribution is -2.02. The fraction of sp³-hybridized carbons (Fsp3) is 0.0833. The molecule has 0 fully saturated rings. The van der Waals surface area contributed by atoms with Crippen LogP contribution in [-0.4, -0.2) is 27.0 Å². The molecule has 7 heteroatoms. The summed E-state index contributed by atoms with van der Waals surface area (Å²) < 4.78 is 0.965. The van der Waals surface area contributed by atoms with Crippen molar-refractivity contribution < 1.29 is 0 Å². The number of hydrogen-bond acceptors (Lipinski definition) is 5. The molecule has 3 aromatic rings. The average Bonchev–Trinajstić information content (AvgIpc) is 2.89. The lowest BCUT2D eigenvalue weighted by atomic mass is 10.3. The van der Waals surface area contributed by atoms with Crippen molar-refractivity contribution in [2.24, 2.45) is 0 Å². The number of imidazole rings is 1. The third kappa shape index (κ3) is 2.24. The van der Waals surface area contributed by atoms with Crippen LogP contribution < -0.4 is 10.6 Å². The third-order valence-electron chi connectivity index (χ3n) is 2.64. The summed E-state index contributed by atoms with van der Waals surface area (Å²) in [6.07, 6.45) is 1.60. The minimum Gasteiger partial charge on any atom is -0.357 e. The first-order valence-electron chi connectivity index (χ1n) is 5.68. The quantitative estimate of drug-likeness (QED) is 0.692. The number of rotatable bonds is 3. The van der Waals surface area contributed by atoms with Crippen LogP contribution in [-0.2, 0) is 0 Å². The van der Waals surface area contributed by atoms with Crippen LogP contribution in [0.15, 0.2) is 35.1 Å². The number of fused-ring (bicyclic) bond motifs is 1. The van der Waals surface area contributed by atoms with E-state index >= 15 is 0 Å². The Labute approximate surface area is 117 Å². The van der Waals surface area contributed by atoms with E-state index in [0.29, 0.717) is 17.4 Å². The predicted molar refractivity (Wildman–Crippen MR) is 78.7 cm³/mol. The van der Waals surface area contributed by atoms with E-state index in [1.54, 1.807) is 13.4 Å². The van der Waals surface area contributed by atoms with Gasteiger partial charge in [-0.05, 0) is 28.1 Å². The van der Waals surface area contributed by atoms with Crippen molar-refractivity contribution in [2.75, 3.05) is 17.7 Å². The number of hydrogen-bond donors (Lipinski definition) is 3. The molecular weight excluding hydrogens is 308 g/mol. The van der Waals surface area contributed by atoms with Crippen LogP contribution in [0.5, 0.6) is 0 Å². The monoisotopic (exact) mass is 318 g/mol. The highest BCUT2D eigenvalue weighted by molar-refractivity contribution is 9.10. The summed E-state index contributed by atoms with van der Waals surface area (Å²) in [4.78, 5) is 15.9. The van der Waals surface area contributed by atoms with Crippen molar-refractivity contribution in [3.05, 3.63) is 35.1 Å². The highest BCUT2D eigenvalue weighted by atomic mass is 79.9. The molecule has 0 aliphatic rings. The van der Waals surface area contributed by atoms with Crippen molar-refractivity contribution in [3.63, 3.8) is 0 Å². The van der Waals surface area contributed by atoms with Gasteiger partial charge >= 0.3 is 0 Å². The van der Waals surface area contributed by atoms with Gasteiger partial charge in [0.15, 0.2) is 11.5 Å². The maximum absolute atomic E-state index is 4.40. The van der Waals surface area contributed by atoms with Crippen LogP contribution in [0.4, 0.5) is 17.5 Å². The van der Waals surface area contributed by atoms with Crippen LogP contribution in [0.25, 0.3) is 11.2 Å². The zero-order valence-corrected chi connectivity index (χ0v) is 11.7. The van der Waals surface area contributed by atoms with Gasteiger partial charge in [-0.3, -0.25) is 0 Å². The number of H-pyrrole nitrogens is 1. The Morgan fingerprint density at radius 2 is 2.05 bits per heavy atom. The molecule has 1 aromatic carbocycles. The Morgan fingerprint density at radius 1 is 1.21 bits per heavy atom. The van der Waals surface area contributed by atoms with E-state index in [9.17, 15) is 0 Å². The molecule has 0 amide bonds. The highest BCUT2D eigenvalue weighted by Gasteiger charge is 2.10. The van der Waals surface area contributed by atoms with Gasteiger partial charge in [-0.15, -0.1) is 0 Å². The minimum absolute atomic E-state index is 0.522. The molecule has 19 heavy (non-hydrogen) atoms. The summed E-state index contributed by atoms with van der Waals surface area (Å²) in [5.41, 5.74) is 2.32. The van der Waals surface area contributed by atoms with Gasteiger partial charge in [-0.25, -0.2) is 4.98 Å². The summed E-state index contributed by atoms with van der Waals surface area (Å²) in [6.45, 7) is 0. The molecule has 0 aliphatic heterocycles. The fourth-order valence-corrected chi connectivity index (χ4v) is 2.11. The van der Waals surface area contributed by atoms with Gasteiger partial charge in [-0.1, -0.05) is 12.1 Å². The Kier molecular flexibility index (Phi) is 3.04. The lowest BCUT2D eigenvalue weighted by Gasteiger charge is -2.09. The number of halogens is 1. The Hall–Kier alpha value is -2.15. The molecule has 3 N–H and O–H groups in total. The van der Waals surface area contributed by atoms with E-state index in [2.05, 4.69) is 46.5 Å². The minimum atomic E-state index is 0.522. The molecule has 0 unspecified atom stereocenters. The zero-order chi connectivity index (χ0) is 13.2. The largest absolute Gasteiger partial charge is 0.357 e. The van der Waals surface area contributed by atoms with Crippen molar-refractivity contribution in [2.45, 2.75) is 0 Å². The molecule has 6 nitrogen and oxygen atoms in total. The number of para-hydroxylation sites is 1. The Balaban J connectivity index is 2.09. The van der Waals surface area contributed by atoms with Crippen molar-refractivity contribution in [1.29, 1.82) is 0 Å². The molecule has 0 aliphatic carbocycles. The standard InChI is InChI=1S/C12H11BrN6/c1-14-12-18-10-9(15-6-16-10)11(19-12)17-8-5-3-2-4-7(8)13/h2-6H,1H3,(H3,14,15,16,17,18,19). The fourth-order valence-electron chi connectivity index (χ4n) is 1.73. The number of nitrogens with zero attached hydrogens (tertiary/aromatic N) is 3. The van der Waals surface area contributed by atoms with E-state index in [0.717, 1.165) is 15.7 Å². The number of nitrogens with one attached hydrogen (secondary N) is 3. The lowest BCUT2D eigenvalue weighted by molar-refractivity contribution is 1.18. The van der Waals surface area contributed by atoms with Gasteiger partial charge in [-0.2, -0.15) is 9.97 Å². The van der Waals surface area contributed by atoms with Gasteiger partial charge in [0.05, 0.1) is 12.0 Å². The molecule has 0 saturated heterocycles. The number of aromatic nitrogens is 4. The molecule has 0 atom stereocenters. The first-order valence-corrected chi connectivity index (χ1v) is 6.47. The van der Waals surface area contributed by atoms with Gasteiger partial charge in [0, 0.05) is 11.5 Å². The number of aromatic amines is 1. The molecule has 0 radical (unpaired) electrons. The molecule has 0 saturated carbocycles. The van der Waals surface area contributed by atoms with Crippen LogP contribution >= 0.6 is 15.9 Å². The number of benzene rings is 1. The zero-order valence-electron chi connectivity index (χ0n) is 10.1. The Morgan fingerprint density at radius 3 is 2.84 bits per heavy atom. The van der Waals surface area contributed by atoms with E-state index in [4.69, 9.17) is 0 Å². The van der Waals surface area contributed by atoms with Crippen LogP contribution in [0.2, 0.25) is 0 Å². The van der Waals surface area contributed by atoms with E-state index < -0.39 is 0 Å². The maximum atomic E-state index is 4.40. The van der Waals surface area contributed by atoms with Crippen LogP contribution in [0.3, 0.4) is 0 Å². The molecular formula is C12H11BrN6. The van der Waals surface area contributed by atoms with Crippen molar-refractivity contribution in [1.82, 2.24) is 19.9 Å². The summed E-state index contributed by atoms with van der Waals surface area (Å²) in [5.74, 6) is 1.20. The first-order chi connectivity index (χ1) is 9.28. The molecule has 3 rings (SSSR count). The SMILES string of the molecule is CNc1nc(Nc2ccccc2Br)c2[nH]cnc2n1. The molecule has 2 aromatic heterocycles. The van der Waals surface area contributed by atoms with Crippen molar-refractivity contribution in [3.8, 4) is 0 Å². The second-order valence-electron chi connectivity index (χ2n) is 3.85. The second-order valence-corrected chi connectivity index (χ2v) is 4.71. The van der Waals surface area contributed by atoms with E-state index in [-0.39, 0.29) is 0 Å². The maximum Gasteiger partial charge on any atom is 0.226 e. The predicted octanol–water partition coefficient (Wildman–Crippen LogP) is 2.90. The van der Waals surface area contributed by atoms with Gasteiger partial charge in [0.2, 0.25) is 5.95 Å². The molecule has 0 bridgehead atoms. The second kappa shape index (κ2) is 4.85. The average molecular weight is 319 g/mol. The normalized spacial score (nSPS) is 10.6. The molecule has 96 valence electrons. The van der Waals surface area contributed by atoms with Gasteiger partial charge in [0.1, 0.15) is 5.52 Å². The van der Waals surface area contributed by atoms with E-state index in [1.165, 1.54) is 0 Å². The van der Waals surface area contributed by atoms with Gasteiger partial charge in [0.25, 0.3) is 0 Å². The van der Waals surface area contributed by atoms with Crippen LogP contribution in [0.1, 0.15) is 0 Å². The number of anilines is 3. The van der Waals surface area contributed by atoms with Crippen LogP contribution in [0, 0.1) is 0 Å². The van der Waals surface area contributed by atoms with E-state index in [1.807, 2.05) is 24.3 Å². The summed E-state index contributed by atoms with van der Waals surface area (Å²) >= 11 is 3.50. The molecule has 2 heterocycles. The Bertz CT molecular complexity index is 723. The summed E-state index contributed by atoms with van der Waals surface area (Å²) in [6, 6.07) is 7.84. The highest BCUT2D eigenvalue weighted by Crippen LogP contribution is 2.27. The molecule has 0 spiro atoms. The summed E-state index contributed by atoms with van der Waals surface area (Å²) in [7, 11) is 1.77. The topological polar surface area (TPSA) is 78.5 Å². The third-order valence-corrected chi connectivity index (χ3v) is 3.33. The first kappa shape index (κ1) is 11.9. The summed E-state index contributed by atoms with van der Waals surface area (Å²) in [5, 5.41) is 6.19. The van der Waals surface area contributed by atoms with Gasteiger partial charge < -0.3 is 15.6 Å². The van der Waals surface area contributed by atoms with Crippen molar-refractivity contribution >= 4 is 44.5 Å². The smallest absolute Gasteiger partial charge is 0.226 e.